The van der Waals surface area contributed by atoms with Crippen LogP contribution in [0.4, 0.5) is 0 Å². The van der Waals surface area contributed by atoms with Gasteiger partial charge >= 0.3 is 164 Å². The van der Waals surface area contributed by atoms with Gasteiger partial charge in [-0.05, 0) is 0 Å². The SMILES string of the molecule is CCO[C](=[W])/C=C(\OC(=O)c1ccc(OC)cc1)c1ccc(OC)cc1. The van der Waals surface area contributed by atoms with E-state index in [1.54, 1.807) is 44.6 Å². The van der Waals surface area contributed by atoms with Crippen LogP contribution < -0.4 is 9.47 Å². The molecule has 0 saturated carbocycles. The molecule has 0 fully saturated rings. The Morgan fingerprint density at radius 1 is 0.923 bits per heavy atom. The number of ether oxygens (including phenoxy) is 4. The summed E-state index contributed by atoms with van der Waals surface area (Å²) in [6.07, 6.45) is 1.74. The van der Waals surface area contributed by atoms with E-state index in [0.29, 0.717) is 23.7 Å². The van der Waals surface area contributed by atoms with Crippen molar-refractivity contribution < 1.29 is 43.1 Å². The fraction of sp³-hybridized carbons (Fsp3) is 0.200. The van der Waals surface area contributed by atoms with Crippen LogP contribution in [-0.4, -0.2) is 30.9 Å². The van der Waals surface area contributed by atoms with Gasteiger partial charge in [-0.2, -0.15) is 0 Å². The Labute approximate surface area is 163 Å². The van der Waals surface area contributed by atoms with Crippen LogP contribution in [0, 0.1) is 0 Å². The number of esters is 1. The second kappa shape index (κ2) is 10.0. The maximum atomic E-state index is 12.5. The fourth-order valence-corrected chi connectivity index (χ4v) is 2.91. The van der Waals surface area contributed by atoms with E-state index in [2.05, 4.69) is 0 Å². The van der Waals surface area contributed by atoms with Gasteiger partial charge in [0.25, 0.3) is 0 Å². The average molecular weight is 524 g/mol. The van der Waals surface area contributed by atoms with E-state index >= 15 is 0 Å². The van der Waals surface area contributed by atoms with Crippen molar-refractivity contribution in [3.05, 3.63) is 65.7 Å². The Kier molecular flexibility index (Phi) is 7.76. The van der Waals surface area contributed by atoms with Crippen molar-refractivity contribution in [2.24, 2.45) is 0 Å². The topological polar surface area (TPSA) is 54.0 Å². The molecule has 0 N–H and O–H groups in total. The van der Waals surface area contributed by atoms with Gasteiger partial charge in [0.15, 0.2) is 0 Å². The van der Waals surface area contributed by atoms with Gasteiger partial charge in [0.1, 0.15) is 0 Å². The van der Waals surface area contributed by atoms with Gasteiger partial charge < -0.3 is 0 Å². The van der Waals surface area contributed by atoms with Gasteiger partial charge in [0.05, 0.1) is 0 Å². The number of carbonyl (C=O) groups is 1. The van der Waals surface area contributed by atoms with Gasteiger partial charge in [-0.3, -0.25) is 0 Å². The molecule has 2 aromatic carbocycles. The molecule has 0 amide bonds. The molecule has 136 valence electrons. The molecule has 26 heavy (non-hydrogen) atoms. The summed E-state index contributed by atoms with van der Waals surface area (Å²) >= 11 is 1.15. The summed E-state index contributed by atoms with van der Waals surface area (Å²) in [5, 5.41) is 0. The second-order valence-corrected chi connectivity index (χ2v) is 6.55. The number of hydrogen-bond donors (Lipinski definition) is 0. The molecule has 5 nitrogen and oxygen atoms in total. The first-order valence-corrected chi connectivity index (χ1v) is 9.43. The van der Waals surface area contributed by atoms with Crippen molar-refractivity contribution in [1.29, 1.82) is 0 Å². The predicted octanol–water partition coefficient (Wildman–Crippen LogP) is 3.61. The van der Waals surface area contributed by atoms with E-state index in [1.807, 2.05) is 31.2 Å². The second-order valence-electron chi connectivity index (χ2n) is 5.11. The zero-order valence-electron chi connectivity index (χ0n) is 14.9. The maximum absolute atomic E-state index is 12.5. The third-order valence-corrected chi connectivity index (χ3v) is 4.29. The molecular weight excluding hydrogens is 504 g/mol. The molecule has 0 aromatic heterocycles. The third kappa shape index (κ3) is 5.65. The molecule has 0 bridgehead atoms. The van der Waals surface area contributed by atoms with Crippen molar-refractivity contribution in [3.8, 4) is 11.5 Å². The Bertz CT molecular complexity index is 779. The summed E-state index contributed by atoms with van der Waals surface area (Å²) < 4.78 is 22.2. The first kappa shape index (κ1) is 20.1. The van der Waals surface area contributed by atoms with Crippen molar-refractivity contribution >= 4 is 15.8 Å². The van der Waals surface area contributed by atoms with Crippen LogP contribution in [0.2, 0.25) is 0 Å². The van der Waals surface area contributed by atoms with Crippen molar-refractivity contribution in [2.45, 2.75) is 6.92 Å². The molecular formula is C20H20O5W. The van der Waals surface area contributed by atoms with E-state index < -0.39 is 5.97 Å². The molecule has 0 spiro atoms. The first-order valence-electron chi connectivity index (χ1n) is 7.96. The van der Waals surface area contributed by atoms with Gasteiger partial charge in [-0.25, -0.2) is 0 Å². The van der Waals surface area contributed by atoms with Crippen LogP contribution in [0.5, 0.6) is 11.5 Å². The van der Waals surface area contributed by atoms with Crippen LogP contribution in [0.1, 0.15) is 22.8 Å². The summed E-state index contributed by atoms with van der Waals surface area (Å²) in [5.41, 5.74) is 1.19. The minimum atomic E-state index is -0.450. The normalized spacial score (nSPS) is 11.0. The monoisotopic (exact) mass is 524 g/mol. The summed E-state index contributed by atoms with van der Waals surface area (Å²) in [6.45, 7) is 2.46. The number of methoxy groups -OCH3 is 2. The molecule has 0 aliphatic heterocycles. The average Bonchev–Trinajstić information content (AvgIpc) is 2.67. The summed E-state index contributed by atoms with van der Waals surface area (Å²) in [6, 6.07) is 14.1. The third-order valence-electron chi connectivity index (χ3n) is 3.44. The van der Waals surface area contributed by atoms with E-state index in [-0.39, 0.29) is 0 Å². The Hall–Kier alpha value is -2.23. The van der Waals surface area contributed by atoms with Crippen molar-refractivity contribution in [2.75, 3.05) is 20.8 Å². The Balaban J connectivity index is 2.27. The van der Waals surface area contributed by atoms with Crippen LogP contribution in [0.3, 0.4) is 0 Å². The molecule has 0 unspecified atom stereocenters. The molecule has 6 heteroatoms. The van der Waals surface area contributed by atoms with Gasteiger partial charge in [0, 0.05) is 0 Å². The molecule has 0 radical (unpaired) electrons. The quantitative estimate of drug-likeness (QED) is 0.391. The fourth-order valence-electron chi connectivity index (χ4n) is 2.10. The molecule has 2 rings (SSSR count). The first-order chi connectivity index (χ1) is 12.6. The zero-order chi connectivity index (χ0) is 18.9. The summed E-state index contributed by atoms with van der Waals surface area (Å²) in [5.74, 6) is 1.38. The summed E-state index contributed by atoms with van der Waals surface area (Å²) in [4.78, 5) is 12.5. The molecule has 2 aromatic rings. The van der Waals surface area contributed by atoms with Crippen LogP contribution in [0.25, 0.3) is 5.76 Å². The Morgan fingerprint density at radius 2 is 1.42 bits per heavy atom. The molecule has 0 atom stereocenters. The van der Waals surface area contributed by atoms with Gasteiger partial charge in [-0.1, -0.05) is 0 Å². The van der Waals surface area contributed by atoms with Crippen LogP contribution in [0.15, 0.2) is 54.6 Å². The predicted molar refractivity (Wildman–Crippen MR) is 96.0 cm³/mol. The van der Waals surface area contributed by atoms with Crippen molar-refractivity contribution in [3.63, 3.8) is 0 Å². The number of hydrogen-bond acceptors (Lipinski definition) is 5. The van der Waals surface area contributed by atoms with E-state index in [1.165, 1.54) is 0 Å². The van der Waals surface area contributed by atoms with Gasteiger partial charge in [-0.15, -0.1) is 0 Å². The standard InChI is InChI=1S/C20H20O5.W/c1-4-24-14-13-19(15-5-9-17(22-2)10-6-15)25-20(21)16-7-11-18(23-3)12-8-16;/h5-13H,4H2,1-3H3;/b19-13-;. The van der Waals surface area contributed by atoms with E-state index in [9.17, 15) is 4.79 Å². The number of carbonyl (C=O) groups excluding carboxylic acids is 1. The molecule has 0 aliphatic carbocycles. The van der Waals surface area contributed by atoms with Crippen LogP contribution >= 0.6 is 0 Å². The molecule has 0 aliphatic rings. The number of rotatable bonds is 8. The summed E-state index contributed by atoms with van der Waals surface area (Å²) in [7, 11) is 3.18. The Morgan fingerprint density at radius 3 is 1.88 bits per heavy atom. The van der Waals surface area contributed by atoms with Crippen molar-refractivity contribution in [1.82, 2.24) is 0 Å². The molecule has 0 heterocycles. The zero-order valence-corrected chi connectivity index (χ0v) is 17.8. The van der Waals surface area contributed by atoms with E-state index in [4.69, 9.17) is 18.9 Å². The van der Waals surface area contributed by atoms with Crippen LogP contribution in [-0.2, 0) is 28.8 Å². The minimum absolute atomic E-state index is 0.423. The van der Waals surface area contributed by atoms with Gasteiger partial charge in [0.2, 0.25) is 0 Å². The number of benzene rings is 2. The van der Waals surface area contributed by atoms with E-state index in [0.717, 1.165) is 34.8 Å². The molecule has 0 saturated heterocycles.